The smallest absolute Gasteiger partial charge is 0.226 e. The lowest BCUT2D eigenvalue weighted by atomic mass is 10.0. The number of aromatic nitrogens is 2. The average Bonchev–Trinajstić information content (AvgIpc) is 2.61. The monoisotopic (exact) mass is 335 g/mol. The van der Waals surface area contributed by atoms with Gasteiger partial charge in [0.25, 0.3) is 0 Å². The molecule has 2 aliphatic rings. The third-order valence-corrected chi connectivity index (χ3v) is 4.57. The van der Waals surface area contributed by atoms with Crippen molar-refractivity contribution in [3.63, 3.8) is 0 Å². The first-order valence-corrected chi connectivity index (χ1v) is 8.82. The average molecular weight is 335 g/mol. The van der Waals surface area contributed by atoms with Gasteiger partial charge in [0.15, 0.2) is 0 Å². The molecule has 1 atom stereocenters. The Hall–Kier alpha value is -1.44. The van der Waals surface area contributed by atoms with Gasteiger partial charge in [-0.25, -0.2) is 4.98 Å². The Kier molecular flexibility index (Phi) is 5.86. The summed E-state index contributed by atoms with van der Waals surface area (Å²) in [5.41, 5.74) is 1.01. The van der Waals surface area contributed by atoms with Crippen LogP contribution in [0.5, 0.6) is 0 Å². The normalized spacial score (nSPS) is 22.6. The molecular formula is C17H29N5O2. The van der Waals surface area contributed by atoms with Crippen molar-refractivity contribution in [2.75, 3.05) is 63.4 Å². The minimum atomic E-state index is 0.198. The molecule has 134 valence electrons. The first-order valence-electron chi connectivity index (χ1n) is 8.82. The van der Waals surface area contributed by atoms with E-state index in [1.807, 2.05) is 25.9 Å². The Labute approximate surface area is 144 Å². The van der Waals surface area contributed by atoms with E-state index in [1.165, 1.54) is 0 Å². The zero-order valence-electron chi connectivity index (χ0n) is 15.0. The van der Waals surface area contributed by atoms with Crippen molar-refractivity contribution >= 4 is 11.8 Å². The molecule has 0 aromatic carbocycles. The van der Waals surface area contributed by atoms with Crippen LogP contribution in [0.1, 0.15) is 18.5 Å². The zero-order chi connectivity index (χ0) is 16.9. The van der Waals surface area contributed by atoms with Crippen LogP contribution in [0.3, 0.4) is 0 Å². The van der Waals surface area contributed by atoms with Crippen molar-refractivity contribution in [3.05, 3.63) is 11.8 Å². The van der Waals surface area contributed by atoms with Crippen LogP contribution >= 0.6 is 0 Å². The van der Waals surface area contributed by atoms with Gasteiger partial charge in [0.05, 0.1) is 25.9 Å². The Balaban J connectivity index is 1.49. The van der Waals surface area contributed by atoms with E-state index in [4.69, 9.17) is 9.47 Å². The van der Waals surface area contributed by atoms with Crippen LogP contribution in [-0.4, -0.2) is 75.7 Å². The number of anilines is 2. The summed E-state index contributed by atoms with van der Waals surface area (Å²) in [6, 6.07) is 2.62. The molecule has 2 aliphatic heterocycles. The summed E-state index contributed by atoms with van der Waals surface area (Å²) in [4.78, 5) is 13.5. The highest BCUT2D eigenvalue weighted by molar-refractivity contribution is 5.45. The summed E-state index contributed by atoms with van der Waals surface area (Å²) in [7, 11) is 3.96. The molecule has 0 saturated carbocycles. The Morgan fingerprint density at radius 1 is 1.25 bits per heavy atom. The highest BCUT2D eigenvalue weighted by Crippen LogP contribution is 2.21. The van der Waals surface area contributed by atoms with Gasteiger partial charge in [-0.3, -0.25) is 0 Å². The number of hydrogen-bond donors (Lipinski definition) is 1. The van der Waals surface area contributed by atoms with E-state index in [2.05, 4.69) is 26.3 Å². The van der Waals surface area contributed by atoms with Crippen LogP contribution in [0, 0.1) is 6.92 Å². The number of nitrogens with one attached hydrogen (secondary N) is 1. The van der Waals surface area contributed by atoms with E-state index < -0.39 is 0 Å². The number of hydrogen-bond acceptors (Lipinski definition) is 7. The van der Waals surface area contributed by atoms with Gasteiger partial charge in [-0.15, -0.1) is 0 Å². The van der Waals surface area contributed by atoms with Gasteiger partial charge in [0.1, 0.15) is 5.82 Å². The van der Waals surface area contributed by atoms with Gasteiger partial charge in [-0.1, -0.05) is 0 Å². The molecule has 0 amide bonds. The molecule has 0 unspecified atom stereocenters. The maximum Gasteiger partial charge on any atom is 0.226 e. The maximum atomic E-state index is 5.69. The molecule has 0 aliphatic carbocycles. The molecule has 7 heteroatoms. The zero-order valence-corrected chi connectivity index (χ0v) is 15.0. The fraction of sp³-hybridized carbons (Fsp3) is 0.765. The van der Waals surface area contributed by atoms with Crippen LogP contribution in [-0.2, 0) is 9.47 Å². The first-order chi connectivity index (χ1) is 11.6. The Morgan fingerprint density at radius 2 is 2.04 bits per heavy atom. The van der Waals surface area contributed by atoms with Crippen LogP contribution < -0.4 is 15.1 Å². The van der Waals surface area contributed by atoms with E-state index in [9.17, 15) is 0 Å². The summed E-state index contributed by atoms with van der Waals surface area (Å²) in [6.07, 6.45) is 2.44. The molecule has 1 aromatic heterocycles. The Morgan fingerprint density at radius 3 is 2.71 bits per heavy atom. The van der Waals surface area contributed by atoms with Gasteiger partial charge in [-0.2, -0.15) is 4.98 Å². The van der Waals surface area contributed by atoms with E-state index in [0.29, 0.717) is 19.3 Å². The van der Waals surface area contributed by atoms with E-state index in [0.717, 1.165) is 56.5 Å². The summed E-state index contributed by atoms with van der Waals surface area (Å²) in [6.45, 7) is 7.08. The Bertz CT molecular complexity index is 526. The predicted molar refractivity (Wildman–Crippen MR) is 94.9 cm³/mol. The molecule has 24 heavy (non-hydrogen) atoms. The second kappa shape index (κ2) is 8.09. The van der Waals surface area contributed by atoms with Gasteiger partial charge >= 0.3 is 0 Å². The van der Waals surface area contributed by atoms with Crippen molar-refractivity contribution in [2.45, 2.75) is 31.9 Å². The number of ether oxygens (including phenoxy) is 2. The summed E-state index contributed by atoms with van der Waals surface area (Å²) in [5.74, 6) is 1.81. The molecular weight excluding hydrogens is 306 g/mol. The lowest BCUT2D eigenvalue weighted by Crippen LogP contribution is -2.47. The van der Waals surface area contributed by atoms with Gasteiger partial charge in [-0.05, 0) is 19.8 Å². The summed E-state index contributed by atoms with van der Waals surface area (Å²) >= 11 is 0. The summed E-state index contributed by atoms with van der Waals surface area (Å²) in [5, 5.41) is 3.63. The number of piperidine rings is 1. The van der Waals surface area contributed by atoms with E-state index >= 15 is 0 Å². The fourth-order valence-electron chi connectivity index (χ4n) is 3.16. The van der Waals surface area contributed by atoms with E-state index in [-0.39, 0.29) is 6.10 Å². The molecule has 1 N–H and O–H groups in total. The molecule has 2 saturated heterocycles. The molecule has 0 radical (unpaired) electrons. The molecule has 3 rings (SSSR count). The quantitative estimate of drug-likeness (QED) is 0.855. The lowest BCUT2D eigenvalue weighted by molar-refractivity contribution is -0.0872. The number of nitrogens with zero attached hydrogens (tertiary/aromatic N) is 4. The summed E-state index contributed by atoms with van der Waals surface area (Å²) < 4.78 is 11.1. The SMILES string of the molecule is Cc1cc(N2CCC(NC[C@@H]3COCCO3)CC2)nc(N(C)C)n1. The third-order valence-electron chi connectivity index (χ3n) is 4.57. The van der Waals surface area contributed by atoms with Crippen LogP contribution in [0.2, 0.25) is 0 Å². The van der Waals surface area contributed by atoms with Crippen molar-refractivity contribution in [2.24, 2.45) is 0 Å². The maximum absolute atomic E-state index is 5.69. The van der Waals surface area contributed by atoms with Crippen LogP contribution in [0.25, 0.3) is 0 Å². The molecule has 1 aromatic rings. The molecule has 2 fully saturated rings. The largest absolute Gasteiger partial charge is 0.376 e. The van der Waals surface area contributed by atoms with Crippen molar-refractivity contribution in [1.82, 2.24) is 15.3 Å². The minimum absolute atomic E-state index is 0.198. The van der Waals surface area contributed by atoms with E-state index in [1.54, 1.807) is 0 Å². The van der Waals surface area contributed by atoms with Crippen LogP contribution in [0.4, 0.5) is 11.8 Å². The highest BCUT2D eigenvalue weighted by Gasteiger charge is 2.22. The van der Waals surface area contributed by atoms with Gasteiger partial charge < -0.3 is 24.6 Å². The van der Waals surface area contributed by atoms with Gasteiger partial charge in [0.2, 0.25) is 5.95 Å². The number of rotatable bonds is 5. The molecule has 0 spiro atoms. The minimum Gasteiger partial charge on any atom is -0.376 e. The van der Waals surface area contributed by atoms with Crippen LogP contribution in [0.15, 0.2) is 6.07 Å². The first kappa shape index (κ1) is 17.4. The predicted octanol–water partition coefficient (Wildman–Crippen LogP) is 0.825. The van der Waals surface area contributed by atoms with Crippen molar-refractivity contribution in [1.29, 1.82) is 0 Å². The lowest BCUT2D eigenvalue weighted by Gasteiger charge is -2.34. The number of aryl methyl sites for hydroxylation is 1. The molecule has 3 heterocycles. The second-order valence-corrected chi connectivity index (χ2v) is 6.80. The topological polar surface area (TPSA) is 62.8 Å². The van der Waals surface area contributed by atoms with Crippen molar-refractivity contribution < 1.29 is 9.47 Å². The van der Waals surface area contributed by atoms with Crippen molar-refractivity contribution in [3.8, 4) is 0 Å². The third kappa shape index (κ3) is 4.55. The molecule has 0 bridgehead atoms. The standard InChI is InChI=1S/C17H29N5O2/c1-13-10-16(20-17(19-13)21(2)3)22-6-4-14(5-7-22)18-11-15-12-23-8-9-24-15/h10,14-15,18H,4-9,11-12H2,1-3H3/t15-/m1/s1. The van der Waals surface area contributed by atoms with Gasteiger partial charge in [0, 0.05) is 51.5 Å². The fourth-order valence-corrected chi connectivity index (χ4v) is 3.16. The molecule has 7 nitrogen and oxygen atoms in total. The second-order valence-electron chi connectivity index (χ2n) is 6.80. The highest BCUT2D eigenvalue weighted by atomic mass is 16.6.